The number of aromatic nitrogens is 3. The Balaban J connectivity index is 2.44. The molecule has 5 heteroatoms. The van der Waals surface area contributed by atoms with Crippen LogP contribution in [-0.2, 0) is 0 Å². The molecule has 0 saturated heterocycles. The Bertz CT molecular complexity index is 584. The molecule has 0 radical (unpaired) electrons. The van der Waals surface area contributed by atoms with Gasteiger partial charge in [-0.1, -0.05) is 13.0 Å². The van der Waals surface area contributed by atoms with E-state index in [9.17, 15) is 4.39 Å². The molecule has 2 rings (SSSR count). The largest absolute Gasteiger partial charge is 0.368 e. The molecule has 0 atom stereocenters. The van der Waals surface area contributed by atoms with E-state index in [-0.39, 0.29) is 5.82 Å². The van der Waals surface area contributed by atoms with E-state index in [0.29, 0.717) is 23.8 Å². The van der Waals surface area contributed by atoms with Crippen LogP contribution in [0.1, 0.15) is 24.7 Å². The number of anilines is 1. The van der Waals surface area contributed by atoms with Crippen LogP contribution in [0.4, 0.5) is 10.2 Å². The minimum absolute atomic E-state index is 0.243. The van der Waals surface area contributed by atoms with E-state index in [1.165, 1.54) is 0 Å². The van der Waals surface area contributed by atoms with E-state index in [1.54, 1.807) is 6.92 Å². The van der Waals surface area contributed by atoms with E-state index in [0.717, 1.165) is 12.1 Å². The van der Waals surface area contributed by atoms with Crippen molar-refractivity contribution in [3.63, 3.8) is 0 Å². The second-order valence-electron chi connectivity index (χ2n) is 4.39. The summed E-state index contributed by atoms with van der Waals surface area (Å²) >= 11 is 0. The van der Waals surface area contributed by atoms with E-state index in [4.69, 9.17) is 0 Å². The van der Waals surface area contributed by atoms with Gasteiger partial charge in [-0.2, -0.15) is 0 Å². The van der Waals surface area contributed by atoms with Crippen LogP contribution in [0.25, 0.3) is 11.5 Å². The molecule has 0 aromatic carbocycles. The number of rotatable bonds is 4. The second kappa shape index (κ2) is 5.73. The minimum atomic E-state index is -0.398. The highest BCUT2D eigenvalue weighted by atomic mass is 19.1. The number of hydrogen-bond acceptors (Lipinski definition) is 4. The summed E-state index contributed by atoms with van der Waals surface area (Å²) in [4.78, 5) is 12.7. The van der Waals surface area contributed by atoms with Crippen LogP contribution in [0.15, 0.2) is 18.2 Å². The average molecular weight is 260 g/mol. The van der Waals surface area contributed by atoms with Crippen LogP contribution in [0, 0.1) is 19.7 Å². The maximum Gasteiger partial charge on any atom is 0.186 e. The average Bonchev–Trinajstić information content (AvgIpc) is 2.40. The number of pyridine rings is 1. The first kappa shape index (κ1) is 13.4. The van der Waals surface area contributed by atoms with Gasteiger partial charge in [0.2, 0.25) is 0 Å². The Hall–Kier alpha value is -2.04. The smallest absolute Gasteiger partial charge is 0.186 e. The van der Waals surface area contributed by atoms with Crippen LogP contribution < -0.4 is 5.32 Å². The topological polar surface area (TPSA) is 50.7 Å². The molecule has 19 heavy (non-hydrogen) atoms. The molecule has 0 amide bonds. The zero-order chi connectivity index (χ0) is 13.8. The Labute approximate surface area is 112 Å². The predicted molar refractivity (Wildman–Crippen MR) is 73.5 cm³/mol. The molecule has 0 aliphatic rings. The Morgan fingerprint density at radius 1 is 1.16 bits per heavy atom. The molecule has 0 fully saturated rings. The summed E-state index contributed by atoms with van der Waals surface area (Å²) in [5, 5.41) is 2.97. The molecule has 0 unspecified atom stereocenters. The van der Waals surface area contributed by atoms with Crippen molar-refractivity contribution in [1.82, 2.24) is 15.0 Å². The third-order valence-electron chi connectivity index (χ3n) is 2.68. The zero-order valence-corrected chi connectivity index (χ0v) is 11.4. The van der Waals surface area contributed by atoms with Gasteiger partial charge in [0.25, 0.3) is 0 Å². The summed E-state index contributed by atoms with van der Waals surface area (Å²) < 4.78 is 13.9. The van der Waals surface area contributed by atoms with Gasteiger partial charge in [-0.05, 0) is 32.4 Å². The summed E-state index contributed by atoms with van der Waals surface area (Å²) in [7, 11) is 0. The lowest BCUT2D eigenvalue weighted by atomic mass is 10.3. The summed E-state index contributed by atoms with van der Waals surface area (Å²) in [6, 6.07) is 5.61. The van der Waals surface area contributed by atoms with E-state index in [2.05, 4.69) is 20.3 Å². The Kier molecular flexibility index (Phi) is 4.04. The maximum atomic E-state index is 13.9. The number of nitrogens with one attached hydrogen (secondary N) is 1. The molecule has 0 spiro atoms. The SMILES string of the molecule is CCCNc1nc(-c2cccc(C)n2)nc(C)c1F. The lowest BCUT2D eigenvalue weighted by Crippen LogP contribution is -2.08. The maximum absolute atomic E-state index is 13.9. The van der Waals surface area contributed by atoms with Gasteiger partial charge in [0, 0.05) is 12.2 Å². The molecule has 1 N–H and O–H groups in total. The van der Waals surface area contributed by atoms with Crippen molar-refractivity contribution >= 4 is 5.82 Å². The van der Waals surface area contributed by atoms with Crippen molar-refractivity contribution in [1.29, 1.82) is 0 Å². The summed E-state index contributed by atoms with van der Waals surface area (Å²) in [6.07, 6.45) is 0.903. The Morgan fingerprint density at radius 2 is 1.95 bits per heavy atom. The van der Waals surface area contributed by atoms with Crippen molar-refractivity contribution in [2.45, 2.75) is 27.2 Å². The molecule has 0 aliphatic heterocycles. The van der Waals surface area contributed by atoms with Crippen molar-refractivity contribution < 1.29 is 4.39 Å². The van der Waals surface area contributed by atoms with Crippen LogP contribution >= 0.6 is 0 Å². The van der Waals surface area contributed by atoms with Crippen LogP contribution in [0.2, 0.25) is 0 Å². The quantitative estimate of drug-likeness (QED) is 0.917. The predicted octanol–water partition coefficient (Wildman–Crippen LogP) is 3.12. The first-order valence-corrected chi connectivity index (χ1v) is 6.34. The van der Waals surface area contributed by atoms with Gasteiger partial charge in [-0.15, -0.1) is 0 Å². The van der Waals surface area contributed by atoms with Crippen molar-refractivity contribution in [2.75, 3.05) is 11.9 Å². The lowest BCUT2D eigenvalue weighted by molar-refractivity contribution is 0.605. The van der Waals surface area contributed by atoms with Gasteiger partial charge in [0.15, 0.2) is 17.5 Å². The normalized spacial score (nSPS) is 10.5. The highest BCUT2D eigenvalue weighted by Gasteiger charge is 2.13. The third kappa shape index (κ3) is 3.05. The third-order valence-corrected chi connectivity index (χ3v) is 2.68. The van der Waals surface area contributed by atoms with Crippen molar-refractivity contribution in [2.24, 2.45) is 0 Å². The van der Waals surface area contributed by atoms with Gasteiger partial charge in [-0.25, -0.2) is 19.3 Å². The summed E-state index contributed by atoms with van der Waals surface area (Å²) in [5.74, 6) is 0.290. The minimum Gasteiger partial charge on any atom is -0.368 e. The van der Waals surface area contributed by atoms with Gasteiger partial charge >= 0.3 is 0 Å². The van der Waals surface area contributed by atoms with Crippen LogP contribution in [0.5, 0.6) is 0 Å². The number of nitrogens with zero attached hydrogens (tertiary/aromatic N) is 3. The fourth-order valence-electron chi connectivity index (χ4n) is 1.70. The molecule has 2 heterocycles. The fraction of sp³-hybridized carbons (Fsp3) is 0.357. The lowest BCUT2D eigenvalue weighted by Gasteiger charge is -2.09. The van der Waals surface area contributed by atoms with Gasteiger partial charge < -0.3 is 5.32 Å². The fourth-order valence-corrected chi connectivity index (χ4v) is 1.70. The van der Waals surface area contributed by atoms with Crippen molar-refractivity contribution in [3.05, 3.63) is 35.4 Å². The number of aryl methyl sites for hydroxylation is 2. The highest BCUT2D eigenvalue weighted by molar-refractivity contribution is 5.53. The van der Waals surface area contributed by atoms with Gasteiger partial charge in [-0.3, -0.25) is 0 Å². The first-order chi connectivity index (χ1) is 9.11. The zero-order valence-electron chi connectivity index (χ0n) is 11.4. The molecule has 0 saturated carbocycles. The van der Waals surface area contributed by atoms with Crippen LogP contribution in [0.3, 0.4) is 0 Å². The summed E-state index contributed by atoms with van der Waals surface area (Å²) in [6.45, 7) is 6.22. The molecule has 2 aromatic heterocycles. The molecule has 0 bridgehead atoms. The van der Waals surface area contributed by atoms with Gasteiger partial charge in [0.05, 0.1) is 5.69 Å². The highest BCUT2D eigenvalue weighted by Crippen LogP contribution is 2.19. The molecular weight excluding hydrogens is 243 g/mol. The monoisotopic (exact) mass is 260 g/mol. The van der Waals surface area contributed by atoms with Crippen molar-refractivity contribution in [3.8, 4) is 11.5 Å². The summed E-state index contributed by atoms with van der Waals surface area (Å²) in [5.41, 5.74) is 1.86. The van der Waals surface area contributed by atoms with Crippen LogP contribution in [-0.4, -0.2) is 21.5 Å². The second-order valence-corrected chi connectivity index (χ2v) is 4.39. The molecule has 100 valence electrons. The van der Waals surface area contributed by atoms with Gasteiger partial charge in [0.1, 0.15) is 5.69 Å². The van der Waals surface area contributed by atoms with E-state index < -0.39 is 5.82 Å². The number of halogens is 1. The van der Waals surface area contributed by atoms with E-state index in [1.807, 2.05) is 32.0 Å². The molecular formula is C14H17FN4. The molecule has 4 nitrogen and oxygen atoms in total. The first-order valence-electron chi connectivity index (χ1n) is 6.34. The molecule has 2 aromatic rings. The molecule has 0 aliphatic carbocycles. The standard InChI is InChI=1S/C14H17FN4/c1-4-8-16-14-12(15)10(3)18-13(19-14)11-7-5-6-9(2)17-11/h5-7H,4,8H2,1-3H3,(H,16,18,19). The van der Waals surface area contributed by atoms with E-state index >= 15 is 0 Å². The Morgan fingerprint density at radius 3 is 2.63 bits per heavy atom. The number of hydrogen-bond donors (Lipinski definition) is 1.